The number of thiol groups is 1. The third kappa shape index (κ3) is 6.13. The highest BCUT2D eigenvalue weighted by atomic mass is 32.1. The van der Waals surface area contributed by atoms with Crippen molar-refractivity contribution in [3.05, 3.63) is 12.2 Å². The van der Waals surface area contributed by atoms with Crippen LogP contribution in [0.4, 0.5) is 0 Å². The summed E-state index contributed by atoms with van der Waals surface area (Å²) in [5, 5.41) is -0.183. The maximum absolute atomic E-state index is 10.4. The summed E-state index contributed by atoms with van der Waals surface area (Å²) in [7, 11) is 0. The zero-order valence-corrected chi connectivity index (χ0v) is 7.97. The summed E-state index contributed by atoms with van der Waals surface area (Å²) >= 11 is 3.61. The molecule has 0 aliphatic heterocycles. The number of carbonyl (C=O) groups excluding carboxylic acids is 1. The Morgan fingerprint density at radius 1 is 1.45 bits per heavy atom. The third-order valence-corrected chi connectivity index (χ3v) is 1.67. The smallest absolute Gasteiger partial charge is 0.208 e. The highest BCUT2D eigenvalue weighted by molar-refractivity contribution is 7.97. The molecule has 0 heterocycles. The lowest BCUT2D eigenvalue weighted by atomic mass is 10.4. The van der Waals surface area contributed by atoms with Crippen molar-refractivity contribution in [2.45, 2.75) is 13.8 Å². The van der Waals surface area contributed by atoms with Crippen molar-refractivity contribution in [3.8, 4) is 0 Å². The van der Waals surface area contributed by atoms with Gasteiger partial charge in [0.2, 0.25) is 5.12 Å². The van der Waals surface area contributed by atoms with E-state index in [0.717, 1.165) is 19.6 Å². The standard InChI is InChI=1S/C8H15NOS/c1-3-9(4-2)7-5-6-8(10)11/h5-6H,3-4,7H2,1-2H3,(H,10,11)/b6-5+. The molecule has 0 unspecified atom stereocenters. The molecule has 0 aromatic carbocycles. The lowest BCUT2D eigenvalue weighted by molar-refractivity contribution is -0.106. The topological polar surface area (TPSA) is 20.3 Å². The zero-order chi connectivity index (χ0) is 8.69. The summed E-state index contributed by atoms with van der Waals surface area (Å²) in [6.07, 6.45) is 3.32. The van der Waals surface area contributed by atoms with Gasteiger partial charge in [-0.1, -0.05) is 19.9 Å². The van der Waals surface area contributed by atoms with Crippen molar-refractivity contribution in [1.82, 2.24) is 4.90 Å². The van der Waals surface area contributed by atoms with Crippen molar-refractivity contribution in [2.24, 2.45) is 0 Å². The average Bonchev–Trinajstić information content (AvgIpc) is 1.98. The molecule has 0 aromatic rings. The van der Waals surface area contributed by atoms with Crippen LogP contribution in [0.1, 0.15) is 13.8 Å². The monoisotopic (exact) mass is 173 g/mol. The van der Waals surface area contributed by atoms with Crippen molar-refractivity contribution in [3.63, 3.8) is 0 Å². The minimum absolute atomic E-state index is 0.183. The lowest BCUT2D eigenvalue weighted by Crippen LogP contribution is -2.22. The van der Waals surface area contributed by atoms with E-state index < -0.39 is 0 Å². The zero-order valence-electron chi connectivity index (χ0n) is 7.08. The molecule has 0 N–H and O–H groups in total. The van der Waals surface area contributed by atoms with Gasteiger partial charge < -0.3 is 4.90 Å². The van der Waals surface area contributed by atoms with Crippen molar-refractivity contribution in [1.29, 1.82) is 0 Å². The first kappa shape index (κ1) is 10.7. The van der Waals surface area contributed by atoms with Gasteiger partial charge in [0.25, 0.3) is 0 Å². The second-order valence-corrected chi connectivity index (χ2v) is 2.67. The predicted octanol–water partition coefficient (Wildman–Crippen LogP) is 1.34. The summed E-state index contributed by atoms with van der Waals surface area (Å²) in [6, 6.07) is 0. The first-order valence-electron chi connectivity index (χ1n) is 3.82. The van der Waals surface area contributed by atoms with Gasteiger partial charge in [-0.3, -0.25) is 4.79 Å². The number of hydrogen-bond donors (Lipinski definition) is 1. The number of rotatable bonds is 5. The maximum atomic E-state index is 10.4. The Bertz CT molecular complexity index is 141. The molecule has 0 amide bonds. The van der Waals surface area contributed by atoms with Gasteiger partial charge in [0.15, 0.2) is 0 Å². The quantitative estimate of drug-likeness (QED) is 0.500. The van der Waals surface area contributed by atoms with Gasteiger partial charge in [-0.25, -0.2) is 0 Å². The molecule has 11 heavy (non-hydrogen) atoms. The largest absolute Gasteiger partial charge is 0.300 e. The first-order chi connectivity index (χ1) is 5.20. The number of hydrogen-bond acceptors (Lipinski definition) is 2. The van der Waals surface area contributed by atoms with Crippen LogP contribution in [0.2, 0.25) is 0 Å². The van der Waals surface area contributed by atoms with Gasteiger partial charge in [0.05, 0.1) is 0 Å². The predicted molar refractivity (Wildman–Crippen MR) is 50.9 cm³/mol. The minimum atomic E-state index is -0.183. The van der Waals surface area contributed by atoms with E-state index in [-0.39, 0.29) is 5.12 Å². The van der Waals surface area contributed by atoms with Crippen molar-refractivity contribution >= 4 is 17.7 Å². The van der Waals surface area contributed by atoms with Gasteiger partial charge in [0.1, 0.15) is 0 Å². The van der Waals surface area contributed by atoms with E-state index in [1.165, 1.54) is 6.08 Å². The van der Waals surface area contributed by atoms with Gasteiger partial charge in [-0.05, 0) is 19.2 Å². The molecule has 0 spiro atoms. The van der Waals surface area contributed by atoms with E-state index in [1.807, 2.05) is 6.08 Å². The Morgan fingerprint density at radius 2 is 2.00 bits per heavy atom. The molecule has 0 aromatic heterocycles. The molecule has 0 saturated carbocycles. The lowest BCUT2D eigenvalue weighted by Gasteiger charge is -2.14. The number of nitrogens with zero attached hydrogens (tertiary/aromatic N) is 1. The molecule has 3 heteroatoms. The Hall–Kier alpha value is -0.280. The van der Waals surface area contributed by atoms with E-state index in [4.69, 9.17) is 0 Å². The maximum Gasteiger partial charge on any atom is 0.208 e. The van der Waals surface area contributed by atoms with Crippen LogP contribution >= 0.6 is 12.6 Å². The van der Waals surface area contributed by atoms with Crippen LogP contribution in [-0.2, 0) is 4.79 Å². The van der Waals surface area contributed by atoms with E-state index in [0.29, 0.717) is 0 Å². The van der Waals surface area contributed by atoms with E-state index in [9.17, 15) is 4.79 Å². The molecular weight excluding hydrogens is 158 g/mol. The average molecular weight is 173 g/mol. The molecule has 0 saturated heterocycles. The Morgan fingerprint density at radius 3 is 2.36 bits per heavy atom. The fourth-order valence-corrected chi connectivity index (χ4v) is 0.890. The second-order valence-electron chi connectivity index (χ2n) is 2.23. The second kappa shape index (κ2) is 6.43. The minimum Gasteiger partial charge on any atom is -0.300 e. The van der Waals surface area contributed by atoms with Gasteiger partial charge in [0, 0.05) is 6.54 Å². The van der Waals surface area contributed by atoms with Gasteiger partial charge >= 0.3 is 0 Å². The van der Waals surface area contributed by atoms with E-state index in [1.54, 1.807) is 0 Å². The van der Waals surface area contributed by atoms with Crippen LogP contribution in [0.3, 0.4) is 0 Å². The Balaban J connectivity index is 3.57. The Labute approximate surface area is 73.7 Å². The van der Waals surface area contributed by atoms with Crippen LogP contribution in [-0.4, -0.2) is 29.6 Å². The van der Waals surface area contributed by atoms with Crippen molar-refractivity contribution in [2.75, 3.05) is 19.6 Å². The molecule has 0 aliphatic carbocycles. The molecule has 0 rings (SSSR count). The van der Waals surface area contributed by atoms with E-state index in [2.05, 4.69) is 31.4 Å². The number of likely N-dealkylation sites (N-methyl/N-ethyl adjacent to an activating group) is 1. The molecule has 0 radical (unpaired) electrons. The van der Waals surface area contributed by atoms with E-state index >= 15 is 0 Å². The van der Waals surface area contributed by atoms with Crippen LogP contribution in [0, 0.1) is 0 Å². The van der Waals surface area contributed by atoms with Crippen LogP contribution in [0.5, 0.6) is 0 Å². The fourth-order valence-electron chi connectivity index (χ4n) is 0.784. The molecule has 2 nitrogen and oxygen atoms in total. The summed E-state index contributed by atoms with van der Waals surface area (Å²) < 4.78 is 0. The number of carbonyl (C=O) groups is 1. The molecule has 0 fully saturated rings. The van der Waals surface area contributed by atoms with Crippen molar-refractivity contribution < 1.29 is 4.79 Å². The SMILES string of the molecule is CCN(CC)C/C=C/C(=O)S. The first-order valence-corrected chi connectivity index (χ1v) is 4.27. The summed E-state index contributed by atoms with van der Waals surface area (Å²) in [5.41, 5.74) is 0. The van der Waals surface area contributed by atoms with Crippen LogP contribution in [0.15, 0.2) is 12.2 Å². The van der Waals surface area contributed by atoms with Gasteiger partial charge in [-0.15, -0.1) is 12.6 Å². The fraction of sp³-hybridized carbons (Fsp3) is 0.625. The highest BCUT2D eigenvalue weighted by Crippen LogP contribution is 1.88. The molecule has 64 valence electrons. The Kier molecular flexibility index (Phi) is 6.27. The highest BCUT2D eigenvalue weighted by Gasteiger charge is 1.93. The van der Waals surface area contributed by atoms with Crippen LogP contribution in [0.25, 0.3) is 0 Å². The van der Waals surface area contributed by atoms with Gasteiger partial charge in [-0.2, -0.15) is 0 Å². The van der Waals surface area contributed by atoms with Crippen LogP contribution < -0.4 is 0 Å². The third-order valence-electron chi connectivity index (χ3n) is 1.52. The summed E-state index contributed by atoms with van der Waals surface area (Å²) in [4.78, 5) is 12.6. The molecule has 0 aliphatic rings. The summed E-state index contributed by atoms with van der Waals surface area (Å²) in [6.45, 7) is 7.06. The summed E-state index contributed by atoms with van der Waals surface area (Å²) in [5.74, 6) is 0. The molecule has 0 atom stereocenters. The molecule has 0 bridgehead atoms. The molecular formula is C8H15NOS. The normalized spacial score (nSPS) is 11.3.